The lowest BCUT2D eigenvalue weighted by molar-refractivity contribution is -0.384. The summed E-state index contributed by atoms with van der Waals surface area (Å²) in [6.07, 6.45) is 1.28. The number of nitro benzene ring substituents is 1. The second-order valence-corrected chi connectivity index (χ2v) is 8.46. The third-order valence-electron chi connectivity index (χ3n) is 4.24. The van der Waals surface area contributed by atoms with Gasteiger partial charge < -0.3 is 5.32 Å². The topological polar surface area (TPSA) is 110 Å². The first-order valence-electron chi connectivity index (χ1n) is 8.85. The Morgan fingerprint density at radius 3 is 2.48 bits per heavy atom. The van der Waals surface area contributed by atoms with Gasteiger partial charge in [0, 0.05) is 25.1 Å². The zero-order valence-electron chi connectivity index (χ0n) is 16.0. The summed E-state index contributed by atoms with van der Waals surface area (Å²) in [6.45, 7) is 1.76. The van der Waals surface area contributed by atoms with Gasteiger partial charge in [-0.15, -0.1) is 0 Å². The molecule has 8 nitrogen and oxygen atoms in total. The number of benzene rings is 2. The molecular weight excluding hydrogens is 401 g/mol. The molecule has 1 amide bonds. The van der Waals surface area contributed by atoms with E-state index in [1.807, 2.05) is 0 Å². The third kappa shape index (κ3) is 6.53. The lowest BCUT2D eigenvalue weighted by Crippen LogP contribution is -2.32. The molecule has 0 saturated carbocycles. The van der Waals surface area contributed by atoms with Crippen LogP contribution in [0.3, 0.4) is 0 Å². The number of non-ortho nitro benzene ring substituents is 1. The van der Waals surface area contributed by atoms with Crippen LogP contribution in [0.5, 0.6) is 0 Å². The van der Waals surface area contributed by atoms with Gasteiger partial charge >= 0.3 is 0 Å². The lowest BCUT2D eigenvalue weighted by Gasteiger charge is -2.22. The fourth-order valence-electron chi connectivity index (χ4n) is 2.78. The zero-order valence-corrected chi connectivity index (χ0v) is 16.9. The van der Waals surface area contributed by atoms with Crippen LogP contribution in [0.25, 0.3) is 0 Å². The van der Waals surface area contributed by atoms with E-state index in [1.165, 1.54) is 36.4 Å². The van der Waals surface area contributed by atoms with E-state index in [4.69, 9.17) is 0 Å². The molecule has 2 aromatic carbocycles. The lowest BCUT2D eigenvalue weighted by atomic mass is 10.1. The summed E-state index contributed by atoms with van der Waals surface area (Å²) in [7, 11) is -3.68. The number of nitrogens with zero attached hydrogens (tertiary/aromatic N) is 2. The zero-order chi connectivity index (χ0) is 21.6. The van der Waals surface area contributed by atoms with Crippen molar-refractivity contribution in [2.75, 3.05) is 17.1 Å². The highest BCUT2D eigenvalue weighted by Gasteiger charge is 2.20. The molecule has 29 heavy (non-hydrogen) atoms. The Bertz CT molecular complexity index is 980. The van der Waals surface area contributed by atoms with Crippen LogP contribution in [0.15, 0.2) is 48.5 Å². The average molecular weight is 423 g/mol. The van der Waals surface area contributed by atoms with Gasteiger partial charge in [0.25, 0.3) is 5.69 Å². The first-order valence-corrected chi connectivity index (χ1v) is 10.7. The minimum atomic E-state index is -3.68. The third-order valence-corrected chi connectivity index (χ3v) is 5.44. The summed E-state index contributed by atoms with van der Waals surface area (Å²) in [5.74, 6) is -0.649. The molecule has 2 rings (SSSR count). The van der Waals surface area contributed by atoms with E-state index in [9.17, 15) is 27.7 Å². The van der Waals surface area contributed by atoms with Gasteiger partial charge in [-0.25, -0.2) is 12.8 Å². The normalized spacial score (nSPS) is 12.2. The van der Waals surface area contributed by atoms with E-state index >= 15 is 0 Å². The number of rotatable bonds is 9. The molecular formula is C19H22FN3O5S. The highest BCUT2D eigenvalue weighted by molar-refractivity contribution is 7.92. The monoisotopic (exact) mass is 423 g/mol. The number of carbonyl (C=O) groups is 1. The Morgan fingerprint density at radius 1 is 1.24 bits per heavy atom. The van der Waals surface area contributed by atoms with Crippen molar-refractivity contribution in [2.45, 2.75) is 25.8 Å². The quantitative estimate of drug-likeness (QED) is 0.492. The van der Waals surface area contributed by atoms with E-state index in [0.29, 0.717) is 0 Å². The van der Waals surface area contributed by atoms with Crippen LogP contribution in [0, 0.1) is 15.9 Å². The number of hydrogen-bond donors (Lipinski definition) is 1. The van der Waals surface area contributed by atoms with Gasteiger partial charge in [0.1, 0.15) is 5.82 Å². The molecule has 0 aliphatic rings. The number of hydrogen-bond acceptors (Lipinski definition) is 5. The number of halogens is 1. The first kappa shape index (κ1) is 22.3. The Labute approximate surface area is 168 Å². The molecule has 0 saturated heterocycles. The molecule has 10 heteroatoms. The molecule has 0 fully saturated rings. The summed E-state index contributed by atoms with van der Waals surface area (Å²) in [5.41, 5.74) is 0.693. The SMILES string of the molecule is C[C@@H](NC(=O)CCCN(c1cccc([N+](=O)[O-])c1)S(C)(=O)=O)c1ccc(F)cc1. The molecule has 0 radical (unpaired) electrons. The van der Waals surface area contributed by atoms with Gasteiger partial charge in [0.05, 0.1) is 22.9 Å². The van der Waals surface area contributed by atoms with E-state index in [0.717, 1.165) is 16.1 Å². The number of amides is 1. The predicted octanol–water partition coefficient (Wildman–Crippen LogP) is 3.16. The van der Waals surface area contributed by atoms with Crippen LogP contribution in [0.1, 0.15) is 31.4 Å². The predicted molar refractivity (Wildman–Crippen MR) is 107 cm³/mol. The minimum Gasteiger partial charge on any atom is -0.350 e. The summed E-state index contributed by atoms with van der Waals surface area (Å²) >= 11 is 0. The Morgan fingerprint density at radius 2 is 1.90 bits per heavy atom. The molecule has 156 valence electrons. The van der Waals surface area contributed by atoms with Crippen molar-refractivity contribution >= 4 is 27.3 Å². The number of carbonyl (C=O) groups excluding carboxylic acids is 1. The molecule has 2 aromatic rings. The Kier molecular flexibility index (Phi) is 7.27. The van der Waals surface area contributed by atoms with Crippen LogP contribution in [-0.4, -0.2) is 32.0 Å². The molecule has 0 spiro atoms. The number of sulfonamides is 1. The van der Waals surface area contributed by atoms with Gasteiger partial charge in [-0.1, -0.05) is 18.2 Å². The molecule has 0 aromatic heterocycles. The van der Waals surface area contributed by atoms with E-state index in [-0.39, 0.29) is 48.5 Å². The smallest absolute Gasteiger partial charge is 0.271 e. The van der Waals surface area contributed by atoms with E-state index in [1.54, 1.807) is 19.1 Å². The summed E-state index contributed by atoms with van der Waals surface area (Å²) < 4.78 is 38.2. The second kappa shape index (κ2) is 9.46. The molecule has 1 atom stereocenters. The molecule has 0 aliphatic carbocycles. The highest BCUT2D eigenvalue weighted by Crippen LogP contribution is 2.23. The van der Waals surface area contributed by atoms with Crippen molar-refractivity contribution < 1.29 is 22.5 Å². The highest BCUT2D eigenvalue weighted by atomic mass is 32.2. The number of anilines is 1. The van der Waals surface area contributed by atoms with Crippen molar-refractivity contribution in [3.8, 4) is 0 Å². The van der Waals surface area contributed by atoms with Crippen LogP contribution in [0.4, 0.5) is 15.8 Å². The fourth-order valence-corrected chi connectivity index (χ4v) is 3.74. The Balaban J connectivity index is 1.98. The van der Waals surface area contributed by atoms with Crippen LogP contribution in [0.2, 0.25) is 0 Å². The van der Waals surface area contributed by atoms with Crippen LogP contribution < -0.4 is 9.62 Å². The molecule has 1 N–H and O–H groups in total. The van der Waals surface area contributed by atoms with Gasteiger partial charge in [0.15, 0.2) is 0 Å². The Hall–Kier alpha value is -3.01. The van der Waals surface area contributed by atoms with Crippen molar-refractivity contribution in [1.29, 1.82) is 0 Å². The van der Waals surface area contributed by atoms with Gasteiger partial charge in [-0.3, -0.25) is 19.2 Å². The maximum atomic E-state index is 13.0. The summed E-state index contributed by atoms with van der Waals surface area (Å²) in [4.78, 5) is 22.5. The van der Waals surface area contributed by atoms with Gasteiger partial charge in [-0.2, -0.15) is 0 Å². The molecule has 0 heterocycles. The second-order valence-electron chi connectivity index (χ2n) is 6.56. The van der Waals surface area contributed by atoms with Gasteiger partial charge in [-0.05, 0) is 37.1 Å². The van der Waals surface area contributed by atoms with Crippen molar-refractivity contribution in [1.82, 2.24) is 5.32 Å². The maximum Gasteiger partial charge on any atom is 0.271 e. The molecule has 0 unspecified atom stereocenters. The minimum absolute atomic E-state index is 0.00164. The standard InChI is InChI=1S/C19H22FN3O5S/c1-14(15-8-10-16(20)11-9-15)21-19(24)7-4-12-22(29(2,27)28)17-5-3-6-18(13-17)23(25)26/h3,5-6,8-11,13-14H,4,7,12H2,1-2H3,(H,21,24)/t14-/m1/s1. The largest absolute Gasteiger partial charge is 0.350 e. The first-order chi connectivity index (χ1) is 13.6. The number of nitrogens with one attached hydrogen (secondary N) is 1. The summed E-state index contributed by atoms with van der Waals surface area (Å²) in [6, 6.07) is 10.8. The fraction of sp³-hybridized carbons (Fsp3) is 0.316. The van der Waals surface area contributed by atoms with Crippen LogP contribution >= 0.6 is 0 Å². The molecule has 0 bridgehead atoms. The molecule has 0 aliphatic heterocycles. The van der Waals surface area contributed by atoms with Crippen molar-refractivity contribution in [2.24, 2.45) is 0 Å². The van der Waals surface area contributed by atoms with Crippen molar-refractivity contribution in [3.05, 3.63) is 70.0 Å². The van der Waals surface area contributed by atoms with E-state index < -0.39 is 14.9 Å². The maximum absolute atomic E-state index is 13.0. The van der Waals surface area contributed by atoms with Gasteiger partial charge in [0.2, 0.25) is 15.9 Å². The van der Waals surface area contributed by atoms with Crippen LogP contribution in [-0.2, 0) is 14.8 Å². The number of nitro groups is 1. The van der Waals surface area contributed by atoms with E-state index in [2.05, 4.69) is 5.32 Å². The summed E-state index contributed by atoms with van der Waals surface area (Å²) in [5, 5.41) is 13.7. The average Bonchev–Trinajstić information content (AvgIpc) is 2.64. The van der Waals surface area contributed by atoms with Crippen molar-refractivity contribution in [3.63, 3.8) is 0 Å².